The molecule has 0 radical (unpaired) electrons. The SMILES string of the molecule is COCCCN1C(=O)S/C(=C/c2ccc(OCC(=O)Nc3ccccc3)cc2)C1=O. The summed E-state index contributed by atoms with van der Waals surface area (Å²) in [4.78, 5) is 38.0. The van der Waals surface area contributed by atoms with Crippen LogP contribution in [0.1, 0.15) is 12.0 Å². The van der Waals surface area contributed by atoms with E-state index in [9.17, 15) is 14.4 Å². The van der Waals surface area contributed by atoms with Crippen LogP contribution in [0.15, 0.2) is 59.5 Å². The number of thioether (sulfide) groups is 1. The van der Waals surface area contributed by atoms with Crippen molar-refractivity contribution in [3.63, 3.8) is 0 Å². The molecule has 1 N–H and O–H groups in total. The second-order valence-corrected chi connectivity index (χ2v) is 7.44. The fourth-order valence-corrected chi connectivity index (χ4v) is 3.60. The molecule has 7 nitrogen and oxygen atoms in total. The number of amides is 3. The van der Waals surface area contributed by atoms with E-state index >= 15 is 0 Å². The minimum Gasteiger partial charge on any atom is -0.484 e. The molecule has 0 spiro atoms. The second kappa shape index (κ2) is 10.6. The number of imide groups is 1. The molecular weight excluding hydrogens is 404 g/mol. The van der Waals surface area contributed by atoms with Gasteiger partial charge < -0.3 is 14.8 Å². The summed E-state index contributed by atoms with van der Waals surface area (Å²) in [5, 5.41) is 2.47. The maximum Gasteiger partial charge on any atom is 0.293 e. The zero-order valence-corrected chi connectivity index (χ0v) is 17.3. The van der Waals surface area contributed by atoms with Crippen molar-refractivity contribution in [2.45, 2.75) is 6.42 Å². The number of carbonyl (C=O) groups excluding carboxylic acids is 3. The smallest absolute Gasteiger partial charge is 0.293 e. The van der Waals surface area contributed by atoms with Gasteiger partial charge in [-0.05, 0) is 54.1 Å². The average molecular weight is 426 g/mol. The van der Waals surface area contributed by atoms with Crippen LogP contribution in [0.5, 0.6) is 5.75 Å². The molecule has 0 aromatic heterocycles. The Kier molecular flexibility index (Phi) is 7.64. The Hall–Kier alpha value is -3.10. The van der Waals surface area contributed by atoms with E-state index < -0.39 is 0 Å². The van der Waals surface area contributed by atoms with Crippen molar-refractivity contribution in [3.8, 4) is 5.75 Å². The zero-order valence-electron chi connectivity index (χ0n) is 16.5. The first-order valence-corrected chi connectivity index (χ1v) is 10.2. The number of rotatable bonds is 9. The van der Waals surface area contributed by atoms with Gasteiger partial charge in [0.2, 0.25) is 0 Å². The largest absolute Gasteiger partial charge is 0.484 e. The van der Waals surface area contributed by atoms with Crippen molar-refractivity contribution in [1.82, 2.24) is 4.90 Å². The zero-order chi connectivity index (χ0) is 21.3. The highest BCUT2D eigenvalue weighted by Gasteiger charge is 2.34. The molecule has 1 aliphatic rings. The lowest BCUT2D eigenvalue weighted by Gasteiger charge is -2.11. The van der Waals surface area contributed by atoms with E-state index in [1.54, 1.807) is 49.6 Å². The Morgan fingerprint density at radius 2 is 1.83 bits per heavy atom. The lowest BCUT2D eigenvalue weighted by molar-refractivity contribution is -0.123. The van der Waals surface area contributed by atoms with Gasteiger partial charge in [0.05, 0.1) is 4.91 Å². The first kappa shape index (κ1) is 21.6. The molecule has 2 aromatic rings. The van der Waals surface area contributed by atoms with Crippen molar-refractivity contribution in [3.05, 3.63) is 65.1 Å². The number of carbonyl (C=O) groups is 3. The van der Waals surface area contributed by atoms with Gasteiger partial charge in [0.25, 0.3) is 17.1 Å². The first-order chi connectivity index (χ1) is 14.6. The number of nitrogens with zero attached hydrogens (tertiary/aromatic N) is 1. The normalized spacial score (nSPS) is 15.0. The molecule has 0 bridgehead atoms. The summed E-state index contributed by atoms with van der Waals surface area (Å²) in [6.07, 6.45) is 2.28. The van der Waals surface area contributed by atoms with E-state index in [1.807, 2.05) is 18.2 Å². The van der Waals surface area contributed by atoms with Gasteiger partial charge in [-0.1, -0.05) is 30.3 Å². The fraction of sp³-hybridized carbons (Fsp3) is 0.227. The van der Waals surface area contributed by atoms with Gasteiger partial charge in [0.1, 0.15) is 5.75 Å². The molecule has 1 saturated heterocycles. The molecule has 2 aromatic carbocycles. The molecule has 3 amide bonds. The maximum atomic E-state index is 12.4. The second-order valence-electron chi connectivity index (χ2n) is 6.45. The summed E-state index contributed by atoms with van der Waals surface area (Å²) in [7, 11) is 1.58. The maximum absolute atomic E-state index is 12.4. The van der Waals surface area contributed by atoms with Gasteiger partial charge in [0, 0.05) is 25.9 Å². The molecule has 156 valence electrons. The van der Waals surface area contributed by atoms with Gasteiger partial charge in [-0.2, -0.15) is 0 Å². The standard InChI is InChI=1S/C22H22N2O5S/c1-28-13-5-12-24-21(26)19(30-22(24)27)14-16-8-10-18(11-9-16)29-15-20(25)23-17-6-3-2-4-7-17/h2-4,6-11,14H,5,12-13,15H2,1H3,(H,23,25)/b19-14+. The molecule has 3 rings (SSSR count). The molecule has 1 aliphatic heterocycles. The highest BCUT2D eigenvalue weighted by Crippen LogP contribution is 2.32. The van der Waals surface area contributed by atoms with Crippen molar-refractivity contribution in [2.75, 3.05) is 32.2 Å². The molecule has 0 aliphatic carbocycles. The van der Waals surface area contributed by atoms with Crippen LogP contribution >= 0.6 is 11.8 Å². The van der Waals surface area contributed by atoms with E-state index in [1.165, 1.54) is 4.90 Å². The van der Waals surface area contributed by atoms with Crippen LogP contribution in [0.25, 0.3) is 6.08 Å². The Morgan fingerprint density at radius 3 is 2.53 bits per heavy atom. The van der Waals surface area contributed by atoms with Gasteiger partial charge in [-0.25, -0.2) is 0 Å². The molecule has 1 heterocycles. The summed E-state index contributed by atoms with van der Waals surface area (Å²) >= 11 is 0.927. The number of para-hydroxylation sites is 1. The van der Waals surface area contributed by atoms with E-state index in [0.29, 0.717) is 35.9 Å². The Morgan fingerprint density at radius 1 is 1.10 bits per heavy atom. The third kappa shape index (κ3) is 5.95. The summed E-state index contributed by atoms with van der Waals surface area (Å²) in [5.74, 6) is -0.0190. The minimum atomic E-state index is -0.293. The van der Waals surface area contributed by atoms with E-state index in [4.69, 9.17) is 9.47 Å². The fourth-order valence-electron chi connectivity index (χ4n) is 2.74. The highest BCUT2D eigenvalue weighted by molar-refractivity contribution is 8.18. The Balaban J connectivity index is 1.53. The number of anilines is 1. The Labute approximate surface area is 179 Å². The van der Waals surface area contributed by atoms with E-state index in [0.717, 1.165) is 17.3 Å². The Bertz CT molecular complexity index is 928. The predicted octanol–water partition coefficient (Wildman–Crippen LogP) is 3.78. The molecule has 0 atom stereocenters. The van der Waals surface area contributed by atoms with Crippen LogP contribution in [0.2, 0.25) is 0 Å². The van der Waals surface area contributed by atoms with Crippen molar-refractivity contribution in [1.29, 1.82) is 0 Å². The number of ether oxygens (including phenoxy) is 2. The summed E-state index contributed by atoms with van der Waals surface area (Å²) in [6, 6.07) is 16.1. The molecule has 1 fully saturated rings. The molecule has 0 unspecified atom stereocenters. The number of hydrogen-bond donors (Lipinski definition) is 1. The average Bonchev–Trinajstić information content (AvgIpc) is 3.01. The molecule has 8 heteroatoms. The van der Waals surface area contributed by atoms with Gasteiger partial charge >= 0.3 is 0 Å². The van der Waals surface area contributed by atoms with Crippen LogP contribution < -0.4 is 10.1 Å². The third-order valence-electron chi connectivity index (χ3n) is 4.21. The quantitative estimate of drug-likeness (QED) is 0.485. The van der Waals surface area contributed by atoms with Crippen LogP contribution in [-0.4, -0.2) is 48.8 Å². The van der Waals surface area contributed by atoms with E-state index in [-0.39, 0.29) is 23.7 Å². The van der Waals surface area contributed by atoms with Crippen molar-refractivity contribution in [2.24, 2.45) is 0 Å². The van der Waals surface area contributed by atoms with Crippen LogP contribution in [0, 0.1) is 0 Å². The predicted molar refractivity (Wildman–Crippen MR) is 116 cm³/mol. The van der Waals surface area contributed by atoms with Gasteiger partial charge in [0.15, 0.2) is 6.61 Å². The number of benzene rings is 2. The summed E-state index contributed by atoms with van der Waals surface area (Å²) < 4.78 is 10.5. The van der Waals surface area contributed by atoms with Crippen molar-refractivity contribution >= 4 is 40.6 Å². The lowest BCUT2D eigenvalue weighted by Crippen LogP contribution is -2.29. The van der Waals surface area contributed by atoms with Crippen LogP contribution in [0.3, 0.4) is 0 Å². The summed E-state index contributed by atoms with van der Waals surface area (Å²) in [6.45, 7) is 0.716. The van der Waals surface area contributed by atoms with Gasteiger partial charge in [-0.3, -0.25) is 19.3 Å². The summed E-state index contributed by atoms with van der Waals surface area (Å²) in [5.41, 5.74) is 1.47. The van der Waals surface area contributed by atoms with E-state index in [2.05, 4.69) is 5.32 Å². The van der Waals surface area contributed by atoms with Crippen molar-refractivity contribution < 1.29 is 23.9 Å². The lowest BCUT2D eigenvalue weighted by atomic mass is 10.2. The van der Waals surface area contributed by atoms with Crippen LogP contribution in [0.4, 0.5) is 10.5 Å². The van der Waals surface area contributed by atoms with Gasteiger partial charge in [-0.15, -0.1) is 0 Å². The topological polar surface area (TPSA) is 84.9 Å². The number of hydrogen-bond acceptors (Lipinski definition) is 6. The third-order valence-corrected chi connectivity index (χ3v) is 5.12. The highest BCUT2D eigenvalue weighted by atomic mass is 32.2. The number of methoxy groups -OCH3 is 1. The monoisotopic (exact) mass is 426 g/mol. The van der Waals surface area contributed by atoms with Crippen LogP contribution in [-0.2, 0) is 14.3 Å². The molecule has 30 heavy (non-hydrogen) atoms. The first-order valence-electron chi connectivity index (χ1n) is 9.39. The molecule has 0 saturated carbocycles. The molecular formula is C22H22N2O5S. The minimum absolute atomic E-state index is 0.116. The number of nitrogens with one attached hydrogen (secondary N) is 1.